The van der Waals surface area contributed by atoms with Crippen molar-refractivity contribution in [3.05, 3.63) is 35.6 Å². The van der Waals surface area contributed by atoms with Crippen molar-refractivity contribution in [2.45, 2.75) is 38.3 Å². The summed E-state index contributed by atoms with van der Waals surface area (Å²) in [6.07, 6.45) is 2.16. The van der Waals surface area contributed by atoms with E-state index in [0.717, 1.165) is 24.9 Å². The Hall–Kier alpha value is -1.13. The highest BCUT2D eigenvalue weighted by atomic mass is 35.5. The highest BCUT2D eigenvalue weighted by molar-refractivity contribution is 5.85. The van der Waals surface area contributed by atoms with Gasteiger partial charge in [-0.2, -0.15) is 0 Å². The lowest BCUT2D eigenvalue weighted by Crippen LogP contribution is -2.46. The van der Waals surface area contributed by atoms with Crippen LogP contribution in [-0.2, 0) is 11.2 Å². The Bertz CT molecular complexity index is 428. The molecule has 106 valence electrons. The molecule has 2 rings (SSSR count). The zero-order valence-corrected chi connectivity index (χ0v) is 11.8. The average Bonchev–Trinajstić information content (AvgIpc) is 2.28. The smallest absolute Gasteiger partial charge is 0.224 e. The normalized spacial score (nSPS) is 22.4. The Balaban J connectivity index is 0.00000180. The van der Waals surface area contributed by atoms with Crippen molar-refractivity contribution in [2.24, 2.45) is 0 Å². The quantitative estimate of drug-likeness (QED) is 0.893. The van der Waals surface area contributed by atoms with E-state index in [0.29, 0.717) is 6.04 Å². The van der Waals surface area contributed by atoms with E-state index in [-0.39, 0.29) is 36.6 Å². The van der Waals surface area contributed by atoms with Crippen molar-refractivity contribution >= 4 is 18.3 Å². The second kappa shape index (κ2) is 7.46. The Kier molecular flexibility index (Phi) is 6.25. The van der Waals surface area contributed by atoms with Crippen molar-refractivity contribution in [3.8, 4) is 0 Å². The van der Waals surface area contributed by atoms with Crippen LogP contribution in [0.4, 0.5) is 4.39 Å². The third-order valence-corrected chi connectivity index (χ3v) is 3.24. The summed E-state index contributed by atoms with van der Waals surface area (Å²) < 4.78 is 13.0. The molecule has 0 radical (unpaired) electrons. The van der Waals surface area contributed by atoms with E-state index in [1.165, 1.54) is 12.1 Å². The Morgan fingerprint density at radius 1 is 1.53 bits per heavy atom. The molecule has 5 heteroatoms. The molecule has 1 heterocycles. The largest absolute Gasteiger partial charge is 0.353 e. The summed E-state index contributed by atoms with van der Waals surface area (Å²) >= 11 is 0. The molecular weight excluding hydrogens is 267 g/mol. The van der Waals surface area contributed by atoms with Crippen LogP contribution in [0.1, 0.15) is 25.3 Å². The fourth-order valence-electron chi connectivity index (χ4n) is 2.37. The molecule has 2 unspecified atom stereocenters. The molecule has 2 N–H and O–H groups in total. The van der Waals surface area contributed by atoms with Crippen LogP contribution in [0.3, 0.4) is 0 Å². The van der Waals surface area contributed by atoms with E-state index in [4.69, 9.17) is 0 Å². The van der Waals surface area contributed by atoms with Gasteiger partial charge in [0.1, 0.15) is 5.82 Å². The van der Waals surface area contributed by atoms with Crippen LogP contribution >= 0.6 is 12.4 Å². The van der Waals surface area contributed by atoms with Gasteiger partial charge in [0.2, 0.25) is 5.91 Å². The van der Waals surface area contributed by atoms with E-state index in [2.05, 4.69) is 17.6 Å². The van der Waals surface area contributed by atoms with Gasteiger partial charge in [-0.15, -0.1) is 12.4 Å². The van der Waals surface area contributed by atoms with Gasteiger partial charge in [-0.1, -0.05) is 12.1 Å². The fourth-order valence-corrected chi connectivity index (χ4v) is 2.37. The van der Waals surface area contributed by atoms with Gasteiger partial charge >= 0.3 is 0 Å². The van der Waals surface area contributed by atoms with Crippen LogP contribution in [0.5, 0.6) is 0 Å². The lowest BCUT2D eigenvalue weighted by atomic mass is 10.0. The van der Waals surface area contributed by atoms with Gasteiger partial charge < -0.3 is 10.6 Å². The van der Waals surface area contributed by atoms with Gasteiger partial charge in [-0.3, -0.25) is 4.79 Å². The number of amides is 1. The lowest BCUT2D eigenvalue weighted by Gasteiger charge is -2.28. The van der Waals surface area contributed by atoms with Crippen LogP contribution < -0.4 is 10.6 Å². The van der Waals surface area contributed by atoms with Crippen LogP contribution in [0.2, 0.25) is 0 Å². The molecule has 0 aromatic heterocycles. The molecule has 1 saturated heterocycles. The number of benzene rings is 1. The predicted molar refractivity (Wildman–Crippen MR) is 76.0 cm³/mol. The highest BCUT2D eigenvalue weighted by Gasteiger charge is 2.19. The zero-order valence-electron chi connectivity index (χ0n) is 11.0. The molecule has 0 aliphatic carbocycles. The summed E-state index contributed by atoms with van der Waals surface area (Å²) in [5, 5.41) is 6.36. The lowest BCUT2D eigenvalue weighted by molar-refractivity contribution is -0.121. The Morgan fingerprint density at radius 3 is 3.00 bits per heavy atom. The maximum Gasteiger partial charge on any atom is 0.224 e. The summed E-state index contributed by atoms with van der Waals surface area (Å²) in [4.78, 5) is 11.8. The highest BCUT2D eigenvalue weighted by Crippen LogP contribution is 2.09. The van der Waals surface area contributed by atoms with Gasteiger partial charge in [0, 0.05) is 12.1 Å². The monoisotopic (exact) mass is 286 g/mol. The average molecular weight is 287 g/mol. The van der Waals surface area contributed by atoms with Crippen LogP contribution in [0.25, 0.3) is 0 Å². The van der Waals surface area contributed by atoms with E-state index in [1.54, 1.807) is 12.1 Å². The van der Waals surface area contributed by atoms with E-state index in [9.17, 15) is 9.18 Å². The van der Waals surface area contributed by atoms with Crippen LogP contribution in [-0.4, -0.2) is 24.5 Å². The van der Waals surface area contributed by atoms with Crippen molar-refractivity contribution in [3.63, 3.8) is 0 Å². The first-order chi connectivity index (χ1) is 8.63. The summed E-state index contributed by atoms with van der Waals surface area (Å²) in [7, 11) is 0. The second-order valence-electron chi connectivity index (χ2n) is 4.95. The number of carbonyl (C=O) groups excluding carboxylic acids is 1. The molecule has 1 fully saturated rings. The second-order valence-corrected chi connectivity index (χ2v) is 4.95. The molecule has 1 amide bonds. The maximum atomic E-state index is 13.0. The fraction of sp³-hybridized carbons (Fsp3) is 0.500. The molecule has 0 saturated carbocycles. The van der Waals surface area contributed by atoms with Crippen molar-refractivity contribution in [1.82, 2.24) is 10.6 Å². The number of hydrogen-bond acceptors (Lipinski definition) is 2. The number of piperidine rings is 1. The molecule has 1 aromatic carbocycles. The van der Waals surface area contributed by atoms with Crippen molar-refractivity contribution in [2.75, 3.05) is 6.54 Å². The first-order valence-corrected chi connectivity index (χ1v) is 6.40. The molecule has 1 aliphatic heterocycles. The Morgan fingerprint density at radius 2 is 2.32 bits per heavy atom. The van der Waals surface area contributed by atoms with E-state index < -0.39 is 0 Å². The zero-order chi connectivity index (χ0) is 13.0. The van der Waals surface area contributed by atoms with Gasteiger partial charge in [-0.05, 0) is 44.0 Å². The predicted octanol–water partition coefficient (Wildman–Crippen LogP) is 2.05. The number of carbonyl (C=O) groups is 1. The standard InChI is InChI=1S/C14H19FN2O.ClH/c1-10-7-13(5-6-16-10)17-14(18)9-11-3-2-4-12(15)8-11;/h2-4,8,10,13,16H,5-7,9H2,1H3,(H,17,18);1H. The van der Waals surface area contributed by atoms with Gasteiger partial charge in [0.15, 0.2) is 0 Å². The van der Waals surface area contributed by atoms with Crippen molar-refractivity contribution in [1.29, 1.82) is 0 Å². The van der Waals surface area contributed by atoms with Gasteiger partial charge in [0.05, 0.1) is 6.42 Å². The van der Waals surface area contributed by atoms with Crippen molar-refractivity contribution < 1.29 is 9.18 Å². The Labute approximate surface area is 119 Å². The molecule has 1 aromatic rings. The minimum Gasteiger partial charge on any atom is -0.353 e. The van der Waals surface area contributed by atoms with Gasteiger partial charge in [0.25, 0.3) is 0 Å². The first kappa shape index (κ1) is 15.9. The van der Waals surface area contributed by atoms with Crippen LogP contribution in [0, 0.1) is 5.82 Å². The molecule has 3 nitrogen and oxygen atoms in total. The minimum atomic E-state index is -0.296. The summed E-state index contributed by atoms with van der Waals surface area (Å²) in [5.74, 6) is -0.324. The third kappa shape index (κ3) is 5.17. The first-order valence-electron chi connectivity index (χ1n) is 6.40. The molecule has 19 heavy (non-hydrogen) atoms. The maximum absolute atomic E-state index is 13.0. The summed E-state index contributed by atoms with van der Waals surface area (Å²) in [5.41, 5.74) is 0.717. The van der Waals surface area contributed by atoms with E-state index >= 15 is 0 Å². The molecule has 2 atom stereocenters. The SMILES string of the molecule is CC1CC(NC(=O)Cc2cccc(F)c2)CCN1.Cl. The van der Waals surface area contributed by atoms with Gasteiger partial charge in [-0.25, -0.2) is 4.39 Å². The molecular formula is C14H20ClFN2O. The molecule has 0 spiro atoms. The summed E-state index contributed by atoms with van der Waals surface area (Å²) in [6.45, 7) is 3.05. The number of halogens is 2. The van der Waals surface area contributed by atoms with E-state index in [1.807, 2.05) is 0 Å². The molecule has 1 aliphatic rings. The van der Waals surface area contributed by atoms with Crippen LogP contribution in [0.15, 0.2) is 24.3 Å². The minimum absolute atomic E-state index is 0. The third-order valence-electron chi connectivity index (χ3n) is 3.24. The number of hydrogen-bond donors (Lipinski definition) is 2. The summed E-state index contributed by atoms with van der Waals surface area (Å²) in [6, 6.07) is 6.87. The molecule has 0 bridgehead atoms. The number of nitrogens with one attached hydrogen (secondary N) is 2. The topological polar surface area (TPSA) is 41.1 Å². The number of rotatable bonds is 3.